The predicted molar refractivity (Wildman–Crippen MR) is 75.4 cm³/mol. The minimum Gasteiger partial charge on any atom is -0.481 e. The molecule has 116 valence electrons. The summed E-state index contributed by atoms with van der Waals surface area (Å²) in [5.74, 6) is -0.885. The van der Waals surface area contributed by atoms with Gasteiger partial charge in [-0.25, -0.2) is 4.79 Å². The normalized spacial score (nSPS) is 10.2. The number of carbonyl (C=O) groups is 3. The summed E-state index contributed by atoms with van der Waals surface area (Å²) in [4.78, 5) is 32.9. The first-order valence-electron chi connectivity index (χ1n) is 6.94. The molecular formula is C13H25N3O4. The van der Waals surface area contributed by atoms with Gasteiger partial charge in [0.25, 0.3) is 0 Å². The number of carboxylic acid groups (broad SMARTS) is 1. The van der Waals surface area contributed by atoms with E-state index in [0.717, 1.165) is 12.8 Å². The van der Waals surface area contributed by atoms with Crippen LogP contribution in [0.1, 0.15) is 46.0 Å². The number of aliphatic carboxylic acids is 1. The fourth-order valence-corrected chi connectivity index (χ4v) is 1.53. The van der Waals surface area contributed by atoms with Crippen molar-refractivity contribution in [3.05, 3.63) is 0 Å². The third-order valence-corrected chi connectivity index (χ3v) is 2.44. The maximum atomic E-state index is 11.3. The van der Waals surface area contributed by atoms with Crippen molar-refractivity contribution in [3.8, 4) is 0 Å². The van der Waals surface area contributed by atoms with Gasteiger partial charge in [0, 0.05) is 32.0 Å². The lowest BCUT2D eigenvalue weighted by Gasteiger charge is -2.09. The summed E-state index contributed by atoms with van der Waals surface area (Å²) in [6.45, 7) is 4.55. The fourth-order valence-electron chi connectivity index (χ4n) is 1.53. The van der Waals surface area contributed by atoms with Crippen LogP contribution in [-0.2, 0) is 9.59 Å². The van der Waals surface area contributed by atoms with E-state index < -0.39 is 5.97 Å². The molecule has 0 heterocycles. The molecule has 0 aromatic rings. The van der Waals surface area contributed by atoms with Gasteiger partial charge in [-0.3, -0.25) is 9.59 Å². The summed E-state index contributed by atoms with van der Waals surface area (Å²) in [6.07, 6.45) is 2.55. The van der Waals surface area contributed by atoms with Crippen LogP contribution in [0.2, 0.25) is 0 Å². The van der Waals surface area contributed by atoms with E-state index in [9.17, 15) is 14.4 Å². The lowest BCUT2D eigenvalue weighted by atomic mass is 10.2. The Bertz CT molecular complexity index is 319. The molecule has 0 aromatic carbocycles. The molecule has 0 aromatic heterocycles. The Morgan fingerprint density at radius 2 is 1.60 bits per heavy atom. The summed E-state index contributed by atoms with van der Waals surface area (Å²) < 4.78 is 0. The number of hydrogen-bond acceptors (Lipinski definition) is 3. The van der Waals surface area contributed by atoms with Gasteiger partial charge in [0.2, 0.25) is 5.91 Å². The summed E-state index contributed by atoms with van der Waals surface area (Å²) in [5.41, 5.74) is 0. The zero-order valence-electron chi connectivity index (χ0n) is 12.2. The molecule has 0 aliphatic rings. The molecule has 20 heavy (non-hydrogen) atoms. The van der Waals surface area contributed by atoms with E-state index in [1.54, 1.807) is 0 Å². The van der Waals surface area contributed by atoms with E-state index >= 15 is 0 Å². The first kappa shape index (κ1) is 18.2. The van der Waals surface area contributed by atoms with Gasteiger partial charge >= 0.3 is 12.0 Å². The SMILES string of the molecule is CC(C)NC(=O)CCNC(=O)NCCCCCC(=O)O. The summed E-state index contributed by atoms with van der Waals surface area (Å²) >= 11 is 0. The topological polar surface area (TPSA) is 108 Å². The zero-order valence-corrected chi connectivity index (χ0v) is 12.2. The number of urea groups is 1. The quantitative estimate of drug-likeness (QED) is 0.447. The lowest BCUT2D eigenvalue weighted by Crippen LogP contribution is -2.39. The van der Waals surface area contributed by atoms with E-state index in [1.807, 2.05) is 13.8 Å². The average Bonchev–Trinajstić information content (AvgIpc) is 2.32. The first-order valence-corrected chi connectivity index (χ1v) is 6.94. The fraction of sp³-hybridized carbons (Fsp3) is 0.769. The van der Waals surface area contributed by atoms with Crippen LogP contribution in [0.3, 0.4) is 0 Å². The highest BCUT2D eigenvalue weighted by atomic mass is 16.4. The molecule has 7 heteroatoms. The second kappa shape index (κ2) is 11.1. The Morgan fingerprint density at radius 3 is 2.20 bits per heavy atom. The molecule has 0 rings (SSSR count). The monoisotopic (exact) mass is 287 g/mol. The standard InChI is InChI=1S/C13H25N3O4/c1-10(2)16-11(17)7-9-15-13(20)14-8-5-3-4-6-12(18)19/h10H,3-9H2,1-2H3,(H,16,17)(H,18,19)(H2,14,15,20). The average molecular weight is 287 g/mol. The second-order valence-corrected chi connectivity index (χ2v) is 4.86. The largest absolute Gasteiger partial charge is 0.481 e. The van der Waals surface area contributed by atoms with Gasteiger partial charge < -0.3 is 21.1 Å². The Morgan fingerprint density at radius 1 is 0.950 bits per heavy atom. The lowest BCUT2D eigenvalue weighted by molar-refractivity contribution is -0.137. The summed E-state index contributed by atoms with van der Waals surface area (Å²) in [5, 5.41) is 16.4. The van der Waals surface area contributed by atoms with E-state index in [4.69, 9.17) is 5.11 Å². The van der Waals surface area contributed by atoms with Crippen LogP contribution in [0.4, 0.5) is 4.79 Å². The molecule has 0 unspecified atom stereocenters. The Hall–Kier alpha value is -1.79. The molecule has 0 atom stereocenters. The maximum absolute atomic E-state index is 11.3. The van der Waals surface area contributed by atoms with Gasteiger partial charge in [-0.1, -0.05) is 6.42 Å². The molecule has 4 N–H and O–H groups in total. The molecule has 0 radical (unpaired) electrons. The Kier molecular flexibility index (Phi) is 10.1. The van der Waals surface area contributed by atoms with Crippen molar-refractivity contribution >= 4 is 17.9 Å². The smallest absolute Gasteiger partial charge is 0.314 e. The molecule has 0 saturated heterocycles. The molecule has 7 nitrogen and oxygen atoms in total. The van der Waals surface area contributed by atoms with E-state index in [2.05, 4.69) is 16.0 Å². The molecule has 0 bridgehead atoms. The van der Waals surface area contributed by atoms with Crippen LogP contribution < -0.4 is 16.0 Å². The van der Waals surface area contributed by atoms with E-state index in [0.29, 0.717) is 19.5 Å². The molecule has 0 aliphatic heterocycles. The highest BCUT2D eigenvalue weighted by Gasteiger charge is 2.04. The second-order valence-electron chi connectivity index (χ2n) is 4.86. The number of carbonyl (C=O) groups excluding carboxylic acids is 2. The molecular weight excluding hydrogens is 262 g/mol. The van der Waals surface area contributed by atoms with Crippen LogP contribution >= 0.6 is 0 Å². The van der Waals surface area contributed by atoms with Crippen molar-refractivity contribution in [2.75, 3.05) is 13.1 Å². The van der Waals surface area contributed by atoms with Crippen LogP contribution in [0.15, 0.2) is 0 Å². The number of unbranched alkanes of at least 4 members (excludes halogenated alkanes) is 2. The van der Waals surface area contributed by atoms with Crippen molar-refractivity contribution in [1.29, 1.82) is 0 Å². The van der Waals surface area contributed by atoms with Gasteiger partial charge in [0.05, 0.1) is 0 Å². The van der Waals surface area contributed by atoms with Crippen molar-refractivity contribution in [2.45, 2.75) is 52.0 Å². The molecule has 3 amide bonds. The number of hydrogen-bond donors (Lipinski definition) is 4. The number of nitrogens with one attached hydrogen (secondary N) is 3. The van der Waals surface area contributed by atoms with Gasteiger partial charge in [0.15, 0.2) is 0 Å². The van der Waals surface area contributed by atoms with E-state index in [1.165, 1.54) is 0 Å². The van der Waals surface area contributed by atoms with Crippen LogP contribution in [0.5, 0.6) is 0 Å². The van der Waals surface area contributed by atoms with Crippen molar-refractivity contribution in [3.63, 3.8) is 0 Å². The minimum absolute atomic E-state index is 0.0889. The van der Waals surface area contributed by atoms with Gasteiger partial charge in [0.1, 0.15) is 0 Å². The third kappa shape index (κ3) is 12.7. The highest BCUT2D eigenvalue weighted by molar-refractivity contribution is 5.78. The molecule has 0 spiro atoms. The number of rotatable bonds is 10. The minimum atomic E-state index is -0.796. The summed E-state index contributed by atoms with van der Waals surface area (Å²) in [7, 11) is 0. The molecule has 0 saturated carbocycles. The Labute approximate surface area is 119 Å². The van der Waals surface area contributed by atoms with Crippen molar-refractivity contribution in [2.24, 2.45) is 0 Å². The predicted octanol–water partition coefficient (Wildman–Crippen LogP) is 0.845. The van der Waals surface area contributed by atoms with Gasteiger partial charge in [-0.2, -0.15) is 0 Å². The Balaban J connectivity index is 3.41. The van der Waals surface area contributed by atoms with Crippen LogP contribution in [0, 0.1) is 0 Å². The molecule has 0 fully saturated rings. The van der Waals surface area contributed by atoms with Crippen molar-refractivity contribution < 1.29 is 19.5 Å². The number of amides is 3. The highest BCUT2D eigenvalue weighted by Crippen LogP contribution is 1.98. The van der Waals surface area contributed by atoms with Gasteiger partial charge in [-0.15, -0.1) is 0 Å². The van der Waals surface area contributed by atoms with Gasteiger partial charge in [-0.05, 0) is 26.7 Å². The zero-order chi connectivity index (χ0) is 15.4. The number of carboxylic acids is 1. The molecule has 0 aliphatic carbocycles. The first-order chi connectivity index (χ1) is 9.41. The van der Waals surface area contributed by atoms with Crippen LogP contribution in [-0.4, -0.2) is 42.1 Å². The van der Waals surface area contributed by atoms with Crippen molar-refractivity contribution in [1.82, 2.24) is 16.0 Å². The third-order valence-electron chi connectivity index (χ3n) is 2.44. The maximum Gasteiger partial charge on any atom is 0.314 e. The van der Waals surface area contributed by atoms with Crippen LogP contribution in [0.25, 0.3) is 0 Å². The summed E-state index contributed by atoms with van der Waals surface area (Å²) in [6, 6.07) is -0.206. The van der Waals surface area contributed by atoms with E-state index in [-0.39, 0.29) is 30.8 Å².